The highest BCUT2D eigenvalue weighted by molar-refractivity contribution is 5.86. The maximum Gasteiger partial charge on any atom is 0.360 e. The van der Waals surface area contributed by atoms with Crippen LogP contribution < -0.4 is 5.32 Å². The molecule has 1 saturated heterocycles. The summed E-state index contributed by atoms with van der Waals surface area (Å²) in [5.74, 6) is 0.405. The first kappa shape index (κ1) is 11.6. The number of ether oxygens (including phenoxy) is 1. The van der Waals surface area contributed by atoms with Crippen molar-refractivity contribution >= 4 is 5.97 Å². The fraction of sp³-hybridized carbons (Fsp3) is 0.750. The predicted octanol–water partition coefficient (Wildman–Crippen LogP) is 0.769. The van der Waals surface area contributed by atoms with Crippen molar-refractivity contribution in [1.82, 2.24) is 20.3 Å². The number of carbonyl (C=O) groups is 1. The molecule has 2 aliphatic rings. The lowest BCUT2D eigenvalue weighted by molar-refractivity contribution is 0.0457. The molecular formula is C12H18N4O2. The monoisotopic (exact) mass is 250 g/mol. The number of hydrogen-bond donors (Lipinski definition) is 1. The van der Waals surface area contributed by atoms with E-state index in [0.717, 1.165) is 25.4 Å². The number of rotatable bonds is 5. The van der Waals surface area contributed by atoms with E-state index in [1.54, 1.807) is 10.9 Å². The van der Waals surface area contributed by atoms with E-state index in [9.17, 15) is 4.79 Å². The van der Waals surface area contributed by atoms with Gasteiger partial charge < -0.3 is 10.1 Å². The van der Waals surface area contributed by atoms with Crippen LogP contribution in [0.4, 0.5) is 0 Å². The third-order valence-electron chi connectivity index (χ3n) is 3.84. The average molecular weight is 250 g/mol. The summed E-state index contributed by atoms with van der Waals surface area (Å²) in [6, 6.07) is 0.328. The van der Waals surface area contributed by atoms with Gasteiger partial charge >= 0.3 is 5.97 Å². The summed E-state index contributed by atoms with van der Waals surface area (Å²) < 4.78 is 6.94. The predicted molar refractivity (Wildman–Crippen MR) is 64.2 cm³/mol. The van der Waals surface area contributed by atoms with Crippen molar-refractivity contribution in [2.75, 3.05) is 19.7 Å². The molecule has 6 heteroatoms. The Morgan fingerprint density at radius 2 is 2.33 bits per heavy atom. The zero-order valence-corrected chi connectivity index (χ0v) is 10.3. The number of nitrogens with zero attached hydrogens (tertiary/aromatic N) is 3. The second-order valence-corrected chi connectivity index (χ2v) is 5.12. The minimum absolute atomic E-state index is 0.315. The van der Waals surface area contributed by atoms with Crippen molar-refractivity contribution in [1.29, 1.82) is 0 Å². The minimum Gasteiger partial charge on any atom is -0.461 e. The van der Waals surface area contributed by atoms with E-state index in [-0.39, 0.29) is 5.97 Å². The molecule has 2 fully saturated rings. The van der Waals surface area contributed by atoms with Gasteiger partial charge in [-0.1, -0.05) is 24.5 Å². The van der Waals surface area contributed by atoms with E-state index in [1.165, 1.54) is 19.3 Å². The highest BCUT2D eigenvalue weighted by Gasteiger charge is 2.22. The summed E-state index contributed by atoms with van der Waals surface area (Å²) in [5, 5.41) is 11.0. The lowest BCUT2D eigenvalue weighted by Crippen LogP contribution is -2.43. The molecule has 0 unspecified atom stereocenters. The minimum atomic E-state index is -0.354. The number of nitrogens with one attached hydrogen (secondary N) is 1. The van der Waals surface area contributed by atoms with Gasteiger partial charge in [0.15, 0.2) is 5.69 Å². The van der Waals surface area contributed by atoms with Crippen LogP contribution in [0.15, 0.2) is 6.20 Å². The van der Waals surface area contributed by atoms with E-state index in [4.69, 9.17) is 4.74 Å². The Morgan fingerprint density at radius 1 is 1.50 bits per heavy atom. The van der Waals surface area contributed by atoms with Gasteiger partial charge in [-0.2, -0.15) is 0 Å². The summed E-state index contributed by atoms with van der Waals surface area (Å²) in [6.45, 7) is 2.28. The lowest BCUT2D eigenvalue weighted by Gasteiger charge is -2.26. The van der Waals surface area contributed by atoms with E-state index in [1.807, 2.05) is 0 Å². The maximum atomic E-state index is 11.7. The summed E-state index contributed by atoms with van der Waals surface area (Å²) >= 11 is 0. The molecule has 1 aliphatic carbocycles. The molecule has 0 atom stereocenters. The van der Waals surface area contributed by atoms with Gasteiger partial charge in [0.25, 0.3) is 0 Å². The molecule has 6 nitrogen and oxygen atoms in total. The van der Waals surface area contributed by atoms with Gasteiger partial charge in [-0.15, -0.1) is 5.10 Å². The number of aromatic nitrogens is 3. The Balaban J connectivity index is 1.46. The molecule has 1 N–H and O–H groups in total. The van der Waals surface area contributed by atoms with Gasteiger partial charge in [-0.05, 0) is 12.3 Å². The van der Waals surface area contributed by atoms with Crippen molar-refractivity contribution in [3.63, 3.8) is 0 Å². The Bertz CT molecular complexity index is 423. The topological polar surface area (TPSA) is 69.0 Å². The highest BCUT2D eigenvalue weighted by Crippen LogP contribution is 2.29. The van der Waals surface area contributed by atoms with Crippen molar-refractivity contribution in [2.24, 2.45) is 5.92 Å². The fourth-order valence-corrected chi connectivity index (χ4v) is 2.18. The van der Waals surface area contributed by atoms with Crippen LogP contribution in [0.25, 0.3) is 0 Å². The van der Waals surface area contributed by atoms with Crippen LogP contribution >= 0.6 is 0 Å². The Hall–Kier alpha value is -1.43. The van der Waals surface area contributed by atoms with Crippen LogP contribution in [0, 0.1) is 5.92 Å². The van der Waals surface area contributed by atoms with Gasteiger partial charge in [0.05, 0.1) is 18.8 Å². The first-order chi connectivity index (χ1) is 8.83. The zero-order chi connectivity index (χ0) is 12.4. The van der Waals surface area contributed by atoms with E-state index in [0.29, 0.717) is 18.3 Å². The van der Waals surface area contributed by atoms with Crippen molar-refractivity contribution in [3.05, 3.63) is 11.9 Å². The molecule has 1 aromatic rings. The quantitative estimate of drug-likeness (QED) is 0.782. The molecule has 1 aliphatic heterocycles. The molecule has 1 saturated carbocycles. The van der Waals surface area contributed by atoms with Gasteiger partial charge in [-0.3, -0.25) is 0 Å². The average Bonchev–Trinajstić information content (AvgIpc) is 2.68. The van der Waals surface area contributed by atoms with Gasteiger partial charge in [0.1, 0.15) is 0 Å². The second-order valence-electron chi connectivity index (χ2n) is 5.12. The maximum absolute atomic E-state index is 11.7. The number of hydrogen-bond acceptors (Lipinski definition) is 5. The molecule has 98 valence electrons. The summed E-state index contributed by atoms with van der Waals surface area (Å²) in [5.41, 5.74) is 0.315. The van der Waals surface area contributed by atoms with E-state index in [2.05, 4.69) is 15.6 Å². The molecule has 2 heterocycles. The summed E-state index contributed by atoms with van der Waals surface area (Å²) in [6.07, 6.45) is 6.54. The highest BCUT2D eigenvalue weighted by atomic mass is 16.5. The molecule has 3 rings (SSSR count). The zero-order valence-electron chi connectivity index (χ0n) is 10.3. The fourth-order valence-electron chi connectivity index (χ4n) is 2.18. The number of esters is 1. The van der Waals surface area contributed by atoms with Gasteiger partial charge in [-0.25, -0.2) is 9.48 Å². The van der Waals surface area contributed by atoms with Crippen LogP contribution in [0.5, 0.6) is 0 Å². The van der Waals surface area contributed by atoms with E-state index >= 15 is 0 Å². The standard InChI is InChI=1S/C12H18N4O2/c17-12(18-5-4-9-2-1-3-9)11-8-16(15-14-11)10-6-13-7-10/h8-10,13H,1-7H2. The van der Waals surface area contributed by atoms with Crippen molar-refractivity contribution in [3.8, 4) is 0 Å². The summed E-state index contributed by atoms with van der Waals surface area (Å²) in [4.78, 5) is 11.7. The number of carbonyl (C=O) groups excluding carboxylic acids is 1. The Morgan fingerprint density at radius 3 is 2.94 bits per heavy atom. The molecule has 18 heavy (non-hydrogen) atoms. The third kappa shape index (κ3) is 2.38. The van der Waals surface area contributed by atoms with Crippen molar-refractivity contribution < 1.29 is 9.53 Å². The molecule has 0 amide bonds. The molecule has 0 aromatic carbocycles. The first-order valence-electron chi connectivity index (χ1n) is 6.62. The third-order valence-corrected chi connectivity index (χ3v) is 3.84. The van der Waals surface area contributed by atoms with E-state index < -0.39 is 0 Å². The molecule has 0 radical (unpaired) electrons. The molecule has 0 bridgehead atoms. The molecule has 0 spiro atoms. The molecular weight excluding hydrogens is 232 g/mol. The summed E-state index contributed by atoms with van der Waals surface area (Å²) in [7, 11) is 0. The van der Waals surface area contributed by atoms with Crippen LogP contribution in [0.1, 0.15) is 42.2 Å². The molecule has 1 aromatic heterocycles. The van der Waals surface area contributed by atoms with Gasteiger partial charge in [0.2, 0.25) is 0 Å². The first-order valence-corrected chi connectivity index (χ1v) is 6.62. The lowest BCUT2D eigenvalue weighted by atomic mass is 9.83. The van der Waals surface area contributed by atoms with Crippen LogP contribution in [-0.2, 0) is 4.74 Å². The van der Waals surface area contributed by atoms with Crippen LogP contribution in [0.3, 0.4) is 0 Å². The smallest absolute Gasteiger partial charge is 0.360 e. The Kier molecular flexibility index (Phi) is 3.27. The van der Waals surface area contributed by atoms with Gasteiger partial charge in [0, 0.05) is 13.1 Å². The second kappa shape index (κ2) is 5.06. The normalized spacial score (nSPS) is 20.2. The van der Waals surface area contributed by atoms with Crippen molar-refractivity contribution in [2.45, 2.75) is 31.7 Å². The SMILES string of the molecule is O=C(OCCC1CCC1)c1cn(C2CNC2)nn1. The largest absolute Gasteiger partial charge is 0.461 e. The van der Waals surface area contributed by atoms with Crippen LogP contribution in [-0.4, -0.2) is 40.7 Å². The Labute approximate surface area is 106 Å². The van der Waals surface area contributed by atoms with Crippen LogP contribution in [0.2, 0.25) is 0 Å².